The van der Waals surface area contributed by atoms with Gasteiger partial charge in [-0.3, -0.25) is 4.99 Å². The SMILES string of the molecule is CCN(CC)CCCC(C)NC(=NC)NCc1ccc(O)c(F)c1. The van der Waals surface area contributed by atoms with Gasteiger partial charge in [0.1, 0.15) is 0 Å². The highest BCUT2D eigenvalue weighted by Crippen LogP contribution is 2.15. The van der Waals surface area contributed by atoms with Gasteiger partial charge in [-0.15, -0.1) is 0 Å². The molecule has 0 aliphatic heterocycles. The van der Waals surface area contributed by atoms with Gasteiger partial charge >= 0.3 is 0 Å². The Morgan fingerprint density at radius 3 is 2.62 bits per heavy atom. The lowest BCUT2D eigenvalue weighted by atomic mass is 10.1. The van der Waals surface area contributed by atoms with Crippen molar-refractivity contribution in [2.75, 3.05) is 26.7 Å². The molecule has 0 spiro atoms. The lowest BCUT2D eigenvalue weighted by Gasteiger charge is -2.21. The van der Waals surface area contributed by atoms with E-state index in [1.165, 1.54) is 12.1 Å². The second-order valence-corrected chi connectivity index (χ2v) is 5.93. The number of hydrogen-bond acceptors (Lipinski definition) is 3. The van der Waals surface area contributed by atoms with Crippen LogP contribution in [0.1, 0.15) is 39.2 Å². The van der Waals surface area contributed by atoms with E-state index in [9.17, 15) is 9.50 Å². The lowest BCUT2D eigenvalue weighted by Crippen LogP contribution is -2.42. The molecule has 5 nitrogen and oxygen atoms in total. The molecule has 0 radical (unpaired) electrons. The fraction of sp³-hybridized carbons (Fsp3) is 0.611. The highest BCUT2D eigenvalue weighted by atomic mass is 19.1. The molecule has 0 aliphatic rings. The fourth-order valence-electron chi connectivity index (χ4n) is 2.51. The second-order valence-electron chi connectivity index (χ2n) is 5.93. The molecule has 1 atom stereocenters. The molecular formula is C18H31FN4O. The Bertz CT molecular complexity index is 518. The Morgan fingerprint density at radius 1 is 1.33 bits per heavy atom. The van der Waals surface area contributed by atoms with Gasteiger partial charge in [0.05, 0.1) is 0 Å². The summed E-state index contributed by atoms with van der Waals surface area (Å²) in [4.78, 5) is 6.62. The fourth-order valence-corrected chi connectivity index (χ4v) is 2.51. The van der Waals surface area contributed by atoms with Crippen LogP contribution in [0.25, 0.3) is 0 Å². The maximum Gasteiger partial charge on any atom is 0.191 e. The quantitative estimate of drug-likeness (QED) is 0.479. The molecule has 1 aromatic rings. The van der Waals surface area contributed by atoms with Crippen LogP contribution < -0.4 is 10.6 Å². The summed E-state index contributed by atoms with van der Waals surface area (Å²) in [6.07, 6.45) is 2.20. The number of guanidine groups is 1. The maximum atomic E-state index is 13.3. The molecule has 24 heavy (non-hydrogen) atoms. The largest absolute Gasteiger partial charge is 0.505 e. The van der Waals surface area contributed by atoms with Gasteiger partial charge in [-0.05, 0) is 57.1 Å². The molecule has 6 heteroatoms. The predicted octanol–water partition coefficient (Wildman–Crippen LogP) is 2.71. The first kappa shape index (κ1) is 20.2. The molecular weight excluding hydrogens is 307 g/mol. The van der Waals surface area contributed by atoms with Crippen LogP contribution in [0.15, 0.2) is 23.2 Å². The Morgan fingerprint density at radius 2 is 2.04 bits per heavy atom. The van der Waals surface area contributed by atoms with Gasteiger partial charge in [-0.25, -0.2) is 4.39 Å². The number of aliphatic imine (C=N–C) groups is 1. The molecule has 0 saturated carbocycles. The Balaban J connectivity index is 2.37. The van der Waals surface area contributed by atoms with Crippen molar-refractivity contribution in [3.05, 3.63) is 29.6 Å². The number of benzene rings is 1. The van der Waals surface area contributed by atoms with Crippen molar-refractivity contribution < 1.29 is 9.50 Å². The second kappa shape index (κ2) is 10.9. The maximum absolute atomic E-state index is 13.3. The van der Waals surface area contributed by atoms with Crippen molar-refractivity contribution in [2.45, 2.75) is 46.2 Å². The van der Waals surface area contributed by atoms with Gasteiger partial charge in [0.15, 0.2) is 17.5 Å². The molecule has 136 valence electrons. The number of phenolic OH excluding ortho intramolecular Hbond substituents is 1. The van der Waals surface area contributed by atoms with Crippen molar-refractivity contribution in [1.82, 2.24) is 15.5 Å². The van der Waals surface area contributed by atoms with Crippen LogP contribution in [0.2, 0.25) is 0 Å². The number of phenols is 1. The smallest absolute Gasteiger partial charge is 0.191 e. The van der Waals surface area contributed by atoms with Crippen LogP contribution in [-0.4, -0.2) is 48.7 Å². The molecule has 0 saturated heterocycles. The molecule has 1 aromatic carbocycles. The van der Waals surface area contributed by atoms with Crippen molar-refractivity contribution >= 4 is 5.96 Å². The Hall–Kier alpha value is -1.82. The van der Waals surface area contributed by atoms with E-state index in [-0.39, 0.29) is 5.75 Å². The first-order valence-electron chi connectivity index (χ1n) is 8.67. The van der Waals surface area contributed by atoms with Gasteiger partial charge in [0.2, 0.25) is 0 Å². The lowest BCUT2D eigenvalue weighted by molar-refractivity contribution is 0.292. The number of halogens is 1. The molecule has 3 N–H and O–H groups in total. The van der Waals surface area contributed by atoms with Crippen LogP contribution in [0.4, 0.5) is 4.39 Å². The van der Waals surface area contributed by atoms with E-state index < -0.39 is 5.82 Å². The summed E-state index contributed by atoms with van der Waals surface area (Å²) in [5, 5.41) is 15.7. The topological polar surface area (TPSA) is 59.9 Å². The predicted molar refractivity (Wildman–Crippen MR) is 97.9 cm³/mol. The zero-order chi connectivity index (χ0) is 17.9. The van der Waals surface area contributed by atoms with Gasteiger partial charge in [-0.1, -0.05) is 19.9 Å². The third-order valence-electron chi connectivity index (χ3n) is 4.08. The molecule has 1 rings (SSSR count). The molecule has 0 bridgehead atoms. The number of nitrogens with zero attached hydrogens (tertiary/aromatic N) is 2. The van der Waals surface area contributed by atoms with Gasteiger partial charge in [0.25, 0.3) is 0 Å². The summed E-state index contributed by atoms with van der Waals surface area (Å²) >= 11 is 0. The Labute approximate surface area is 145 Å². The molecule has 0 aromatic heterocycles. The van der Waals surface area contributed by atoms with E-state index in [1.807, 2.05) is 0 Å². The zero-order valence-corrected chi connectivity index (χ0v) is 15.3. The molecule has 0 amide bonds. The third kappa shape index (κ3) is 7.17. The van der Waals surface area contributed by atoms with Gasteiger partial charge in [0, 0.05) is 19.6 Å². The van der Waals surface area contributed by atoms with Gasteiger partial charge < -0.3 is 20.6 Å². The highest BCUT2D eigenvalue weighted by Gasteiger charge is 2.07. The average Bonchev–Trinajstić information content (AvgIpc) is 2.58. The first-order valence-corrected chi connectivity index (χ1v) is 8.67. The van der Waals surface area contributed by atoms with Crippen molar-refractivity contribution in [2.24, 2.45) is 4.99 Å². The Kier molecular flexibility index (Phi) is 9.15. The summed E-state index contributed by atoms with van der Waals surface area (Å²) in [6, 6.07) is 4.68. The van der Waals surface area contributed by atoms with Crippen molar-refractivity contribution in [1.29, 1.82) is 0 Å². The van der Waals surface area contributed by atoms with Crippen LogP contribution >= 0.6 is 0 Å². The van der Waals surface area contributed by atoms with E-state index in [0.29, 0.717) is 18.5 Å². The van der Waals surface area contributed by atoms with Crippen LogP contribution in [0, 0.1) is 5.82 Å². The minimum absolute atomic E-state index is 0.309. The summed E-state index contributed by atoms with van der Waals surface area (Å²) < 4.78 is 13.3. The minimum Gasteiger partial charge on any atom is -0.505 e. The number of aromatic hydroxyl groups is 1. The standard InChI is InChI=1S/C18H31FN4O/c1-5-23(6-2)11-7-8-14(3)22-18(20-4)21-13-15-9-10-17(24)16(19)12-15/h9-10,12,14,24H,5-8,11,13H2,1-4H3,(H2,20,21,22). The normalized spacial score (nSPS) is 13.2. The average molecular weight is 338 g/mol. The number of hydrogen-bond donors (Lipinski definition) is 3. The summed E-state index contributed by atoms with van der Waals surface area (Å²) in [6.45, 7) is 10.2. The monoisotopic (exact) mass is 338 g/mol. The summed E-state index contributed by atoms with van der Waals surface area (Å²) in [5.41, 5.74) is 0.752. The van der Waals surface area contributed by atoms with Crippen molar-refractivity contribution in [3.8, 4) is 5.75 Å². The number of nitrogens with one attached hydrogen (secondary N) is 2. The third-order valence-corrected chi connectivity index (χ3v) is 4.08. The molecule has 1 unspecified atom stereocenters. The highest BCUT2D eigenvalue weighted by molar-refractivity contribution is 5.79. The van der Waals surface area contributed by atoms with E-state index in [0.717, 1.165) is 38.0 Å². The van der Waals surface area contributed by atoms with Crippen LogP contribution in [0.3, 0.4) is 0 Å². The molecule has 0 fully saturated rings. The molecule has 0 heterocycles. The van der Waals surface area contributed by atoms with E-state index in [2.05, 4.69) is 41.3 Å². The summed E-state index contributed by atoms with van der Waals surface area (Å²) in [5.74, 6) is -0.246. The first-order chi connectivity index (χ1) is 11.5. The number of rotatable bonds is 9. The van der Waals surface area contributed by atoms with Crippen LogP contribution in [0.5, 0.6) is 5.75 Å². The summed E-state index contributed by atoms with van der Waals surface area (Å²) in [7, 11) is 1.72. The molecule has 0 aliphatic carbocycles. The zero-order valence-electron chi connectivity index (χ0n) is 15.3. The van der Waals surface area contributed by atoms with Gasteiger partial charge in [-0.2, -0.15) is 0 Å². The van der Waals surface area contributed by atoms with Crippen LogP contribution in [-0.2, 0) is 6.54 Å². The van der Waals surface area contributed by atoms with E-state index in [1.54, 1.807) is 13.1 Å². The van der Waals surface area contributed by atoms with Crippen molar-refractivity contribution in [3.63, 3.8) is 0 Å². The van der Waals surface area contributed by atoms with E-state index >= 15 is 0 Å². The van der Waals surface area contributed by atoms with E-state index in [4.69, 9.17) is 0 Å². The minimum atomic E-state index is -0.609.